The van der Waals surface area contributed by atoms with E-state index in [1.54, 1.807) is 0 Å². The van der Waals surface area contributed by atoms with Crippen LogP contribution in [0.25, 0.3) is 0 Å². The molecule has 0 aliphatic heterocycles. The van der Waals surface area contributed by atoms with Crippen molar-refractivity contribution in [1.29, 1.82) is 0 Å². The van der Waals surface area contributed by atoms with Gasteiger partial charge in [0.15, 0.2) is 0 Å². The van der Waals surface area contributed by atoms with Crippen molar-refractivity contribution in [3.8, 4) is 0 Å². The van der Waals surface area contributed by atoms with Crippen LogP contribution in [-0.2, 0) is 4.79 Å². The normalized spacial score (nSPS) is 44.6. The van der Waals surface area contributed by atoms with Gasteiger partial charge in [0, 0.05) is 12.0 Å². The van der Waals surface area contributed by atoms with Gasteiger partial charge in [-0.2, -0.15) is 13.2 Å². The van der Waals surface area contributed by atoms with Gasteiger partial charge < -0.3 is 5.32 Å². The minimum atomic E-state index is -4.26. The van der Waals surface area contributed by atoms with Gasteiger partial charge in [-0.05, 0) is 81.5 Å². The van der Waals surface area contributed by atoms with E-state index in [0.29, 0.717) is 12.8 Å². The van der Waals surface area contributed by atoms with Crippen molar-refractivity contribution < 1.29 is 18.0 Å². The van der Waals surface area contributed by atoms with E-state index in [1.165, 1.54) is 19.3 Å². The molecule has 0 spiro atoms. The second kappa shape index (κ2) is 6.16. The van der Waals surface area contributed by atoms with Crippen LogP contribution in [0.5, 0.6) is 0 Å². The van der Waals surface area contributed by atoms with E-state index >= 15 is 0 Å². The quantitative estimate of drug-likeness (QED) is 0.750. The molecule has 0 saturated heterocycles. The first kappa shape index (κ1) is 17.7. The number of carbonyl (C=O) groups is 1. The summed E-state index contributed by atoms with van der Waals surface area (Å²) in [6, 6.07) is 0.00390. The van der Waals surface area contributed by atoms with Gasteiger partial charge in [-0.15, -0.1) is 0 Å². The minimum absolute atomic E-state index is 0.00390. The largest absolute Gasteiger partial charge is 0.392 e. The highest BCUT2D eigenvalue weighted by atomic mass is 19.4. The summed E-state index contributed by atoms with van der Waals surface area (Å²) in [5.41, 5.74) is 0.146. The van der Waals surface area contributed by atoms with Gasteiger partial charge >= 0.3 is 6.18 Å². The van der Waals surface area contributed by atoms with Crippen molar-refractivity contribution in [3.05, 3.63) is 0 Å². The van der Waals surface area contributed by atoms with Gasteiger partial charge in [-0.3, -0.25) is 4.79 Å². The van der Waals surface area contributed by atoms with E-state index in [4.69, 9.17) is 0 Å². The molecule has 0 radical (unpaired) electrons. The molecule has 0 unspecified atom stereocenters. The Labute approximate surface area is 148 Å². The predicted octanol–water partition coefficient (Wildman–Crippen LogP) is 5.08. The van der Waals surface area contributed by atoms with Crippen molar-refractivity contribution in [2.45, 2.75) is 83.4 Å². The lowest BCUT2D eigenvalue weighted by molar-refractivity contribution is -0.198. The molecule has 5 aliphatic rings. The highest BCUT2D eigenvalue weighted by molar-refractivity contribution is 5.79. The Balaban J connectivity index is 1.45. The summed E-state index contributed by atoms with van der Waals surface area (Å²) in [6.07, 6.45) is 5.02. The predicted molar refractivity (Wildman–Crippen MR) is 89.7 cm³/mol. The lowest BCUT2D eigenvalue weighted by Gasteiger charge is -2.59. The number of carbonyl (C=O) groups excluding carboxylic acids is 1. The Morgan fingerprint density at radius 1 is 1.00 bits per heavy atom. The Morgan fingerprint density at radius 2 is 1.52 bits per heavy atom. The molecule has 0 aromatic heterocycles. The second-order valence-corrected chi connectivity index (χ2v) is 9.55. The van der Waals surface area contributed by atoms with Crippen LogP contribution >= 0.6 is 0 Å². The lowest BCUT2D eigenvalue weighted by Crippen LogP contribution is -2.57. The van der Waals surface area contributed by atoms with Crippen LogP contribution < -0.4 is 5.32 Å². The molecule has 5 aliphatic carbocycles. The smallest absolute Gasteiger partial charge is 0.353 e. The molecule has 0 aromatic carbocycles. The topological polar surface area (TPSA) is 29.1 Å². The van der Waals surface area contributed by atoms with Gasteiger partial charge in [-0.1, -0.05) is 12.8 Å². The van der Waals surface area contributed by atoms with Crippen molar-refractivity contribution in [2.24, 2.45) is 35.0 Å². The van der Waals surface area contributed by atoms with E-state index < -0.39 is 18.0 Å². The van der Waals surface area contributed by atoms with E-state index in [-0.39, 0.29) is 23.8 Å². The van der Waals surface area contributed by atoms with Gasteiger partial charge in [0.05, 0.1) is 5.92 Å². The molecule has 1 amide bonds. The highest BCUT2D eigenvalue weighted by Crippen LogP contribution is 2.61. The highest BCUT2D eigenvalue weighted by Gasteiger charge is 2.54. The Hall–Kier alpha value is -0.740. The van der Waals surface area contributed by atoms with Crippen molar-refractivity contribution >= 4 is 5.91 Å². The molecular weight excluding hydrogens is 327 g/mol. The van der Waals surface area contributed by atoms with E-state index in [9.17, 15) is 18.0 Å². The molecule has 142 valence electrons. The fraction of sp³-hybridized carbons (Fsp3) is 0.950. The molecular formula is C20H30F3NO. The van der Waals surface area contributed by atoms with Crippen LogP contribution in [-0.4, -0.2) is 18.1 Å². The van der Waals surface area contributed by atoms with Crippen molar-refractivity contribution in [1.82, 2.24) is 5.32 Å². The van der Waals surface area contributed by atoms with Crippen LogP contribution in [0.3, 0.4) is 0 Å². The number of hydrogen-bond acceptors (Lipinski definition) is 1. The first-order valence-corrected chi connectivity index (χ1v) is 10.1. The molecule has 5 saturated carbocycles. The fourth-order valence-electron chi connectivity index (χ4n) is 7.02. The summed E-state index contributed by atoms with van der Waals surface area (Å²) < 4.78 is 40.0. The molecule has 0 heterocycles. The van der Waals surface area contributed by atoms with Crippen LogP contribution in [0.2, 0.25) is 0 Å². The maximum absolute atomic E-state index is 13.3. The first-order valence-electron chi connectivity index (χ1n) is 10.1. The van der Waals surface area contributed by atoms with Gasteiger partial charge in [0.2, 0.25) is 5.91 Å². The maximum Gasteiger partial charge on any atom is 0.392 e. The average molecular weight is 357 g/mol. The standard InChI is InChI=1S/C20H30F3NO/c1-12(19-9-13-6-14(10-19)8-15(7-13)11-19)24-18(25)16-4-2-3-5-17(16)20(21,22)23/h12-17H,2-11H2,1H3,(H,24,25)/t12-,13?,14?,15?,16+,17-,19?/m0/s1. The number of amides is 1. The molecule has 5 rings (SSSR count). The molecule has 3 atom stereocenters. The Bertz CT molecular complexity index is 494. The minimum Gasteiger partial charge on any atom is -0.353 e. The van der Waals surface area contributed by atoms with Gasteiger partial charge in [-0.25, -0.2) is 0 Å². The lowest BCUT2D eigenvalue weighted by atomic mass is 9.48. The zero-order valence-electron chi connectivity index (χ0n) is 15.1. The first-order chi connectivity index (χ1) is 11.8. The fourth-order valence-corrected chi connectivity index (χ4v) is 7.02. The summed E-state index contributed by atoms with van der Waals surface area (Å²) >= 11 is 0. The van der Waals surface area contributed by atoms with Crippen LogP contribution in [0, 0.1) is 35.0 Å². The van der Waals surface area contributed by atoms with E-state index in [1.807, 2.05) is 0 Å². The molecule has 5 heteroatoms. The molecule has 25 heavy (non-hydrogen) atoms. The molecule has 2 nitrogen and oxygen atoms in total. The zero-order valence-corrected chi connectivity index (χ0v) is 15.1. The van der Waals surface area contributed by atoms with E-state index in [0.717, 1.165) is 43.4 Å². The molecule has 0 aromatic rings. The third-order valence-electron chi connectivity index (χ3n) is 7.89. The number of rotatable bonds is 3. The zero-order chi connectivity index (χ0) is 17.8. The molecule has 1 N–H and O–H groups in total. The summed E-state index contributed by atoms with van der Waals surface area (Å²) in [6.45, 7) is 2.05. The van der Waals surface area contributed by atoms with Crippen molar-refractivity contribution in [3.63, 3.8) is 0 Å². The number of hydrogen-bond donors (Lipinski definition) is 1. The van der Waals surface area contributed by atoms with Crippen molar-refractivity contribution in [2.75, 3.05) is 0 Å². The van der Waals surface area contributed by atoms with Gasteiger partial charge in [0.25, 0.3) is 0 Å². The summed E-state index contributed by atoms with van der Waals surface area (Å²) in [5, 5.41) is 3.07. The Kier molecular flexibility index (Phi) is 4.35. The maximum atomic E-state index is 13.3. The monoisotopic (exact) mass is 357 g/mol. The summed E-state index contributed by atoms with van der Waals surface area (Å²) in [7, 11) is 0. The van der Waals surface area contributed by atoms with Crippen LogP contribution in [0.4, 0.5) is 13.2 Å². The SMILES string of the molecule is C[C@H](NC(=O)[C@@H]1CCCC[C@@H]1C(F)(F)F)C12CC3CC(CC(C3)C1)C2. The van der Waals surface area contributed by atoms with Crippen LogP contribution in [0.1, 0.15) is 71.1 Å². The number of nitrogens with one attached hydrogen (secondary N) is 1. The number of alkyl halides is 3. The molecule has 5 fully saturated rings. The van der Waals surface area contributed by atoms with Crippen LogP contribution in [0.15, 0.2) is 0 Å². The van der Waals surface area contributed by atoms with E-state index in [2.05, 4.69) is 12.2 Å². The third-order valence-corrected chi connectivity index (χ3v) is 7.89. The van der Waals surface area contributed by atoms with Gasteiger partial charge in [0.1, 0.15) is 0 Å². The summed E-state index contributed by atoms with van der Waals surface area (Å²) in [4.78, 5) is 12.7. The second-order valence-electron chi connectivity index (χ2n) is 9.55. The average Bonchev–Trinajstić information content (AvgIpc) is 2.52. The number of halogens is 3. The summed E-state index contributed by atoms with van der Waals surface area (Å²) in [5.74, 6) is -0.338. The third kappa shape index (κ3) is 3.21. The molecule has 4 bridgehead atoms. The Morgan fingerprint density at radius 3 is 2.04 bits per heavy atom.